The monoisotopic (exact) mass is 189 g/mol. The Balaban J connectivity index is 2.82. The van der Waals surface area contributed by atoms with Gasteiger partial charge in [0.25, 0.3) is 0 Å². The van der Waals surface area contributed by atoms with Crippen LogP contribution in [0, 0.1) is 6.92 Å². The van der Waals surface area contributed by atoms with Gasteiger partial charge in [-0.05, 0) is 12.1 Å². The normalized spacial score (nSPS) is 10.4. The summed E-state index contributed by atoms with van der Waals surface area (Å²) in [5, 5.41) is 0. The Kier molecular flexibility index (Phi) is 2.00. The second kappa shape index (κ2) is 3.18. The lowest BCUT2D eigenvalue weighted by atomic mass is 10.2. The molecule has 0 unspecified atom stereocenters. The van der Waals surface area contributed by atoms with Gasteiger partial charge in [0.1, 0.15) is 0 Å². The number of nitrogens with zero attached hydrogens (tertiary/aromatic N) is 1. The third kappa shape index (κ3) is 1.18. The van der Waals surface area contributed by atoms with E-state index in [0.717, 1.165) is 16.7 Å². The Morgan fingerprint density at radius 2 is 2.29 bits per heavy atom. The predicted octanol–water partition coefficient (Wildman–Crippen LogP) is 2.79. The van der Waals surface area contributed by atoms with E-state index in [0.29, 0.717) is 11.6 Å². The van der Waals surface area contributed by atoms with E-state index in [-0.39, 0.29) is 0 Å². The molecule has 0 bridgehead atoms. The molecule has 0 atom stereocenters. The zero-order valence-corrected chi connectivity index (χ0v) is 8.20. The van der Waals surface area contributed by atoms with Gasteiger partial charge < -0.3 is 9.15 Å². The van der Waals surface area contributed by atoms with E-state index in [4.69, 9.17) is 9.15 Å². The second-order valence-electron chi connectivity index (χ2n) is 2.97. The fourth-order valence-corrected chi connectivity index (χ4v) is 1.47. The molecule has 0 aliphatic rings. The lowest BCUT2D eigenvalue weighted by Gasteiger charge is -2.03. The molecule has 3 nitrogen and oxygen atoms in total. The maximum absolute atomic E-state index is 5.38. The van der Waals surface area contributed by atoms with Gasteiger partial charge in [0.05, 0.1) is 7.11 Å². The van der Waals surface area contributed by atoms with Gasteiger partial charge in [0.15, 0.2) is 22.7 Å². The van der Waals surface area contributed by atoms with Crippen LogP contribution in [0.25, 0.3) is 17.2 Å². The summed E-state index contributed by atoms with van der Waals surface area (Å²) >= 11 is 0. The van der Waals surface area contributed by atoms with Gasteiger partial charge in [-0.25, -0.2) is 4.98 Å². The summed E-state index contributed by atoms with van der Waals surface area (Å²) in [6.45, 7) is 5.53. The summed E-state index contributed by atoms with van der Waals surface area (Å²) in [4.78, 5) is 4.25. The van der Waals surface area contributed by atoms with Crippen molar-refractivity contribution in [3.63, 3.8) is 0 Å². The highest BCUT2D eigenvalue weighted by Gasteiger charge is 2.10. The van der Waals surface area contributed by atoms with Crippen LogP contribution in [0.1, 0.15) is 11.5 Å². The molecule has 3 heteroatoms. The summed E-state index contributed by atoms with van der Waals surface area (Å²) in [5.41, 5.74) is 2.42. The van der Waals surface area contributed by atoms with Crippen molar-refractivity contribution in [2.75, 3.05) is 7.11 Å². The average molecular weight is 189 g/mol. The molecule has 0 aliphatic heterocycles. The van der Waals surface area contributed by atoms with Gasteiger partial charge in [-0.2, -0.15) is 0 Å². The largest absolute Gasteiger partial charge is 0.494 e. The van der Waals surface area contributed by atoms with Crippen molar-refractivity contribution in [3.8, 4) is 5.75 Å². The number of hydrogen-bond donors (Lipinski definition) is 0. The molecular formula is C11H11NO2. The number of benzene rings is 1. The minimum atomic E-state index is 0.638. The number of ether oxygens (including phenoxy) is 1. The van der Waals surface area contributed by atoms with Crippen molar-refractivity contribution in [2.24, 2.45) is 0 Å². The molecule has 0 fully saturated rings. The second-order valence-corrected chi connectivity index (χ2v) is 2.97. The van der Waals surface area contributed by atoms with Crippen molar-refractivity contribution in [1.82, 2.24) is 4.98 Å². The molecule has 72 valence electrons. The zero-order chi connectivity index (χ0) is 10.1. The van der Waals surface area contributed by atoms with E-state index in [1.165, 1.54) is 0 Å². The van der Waals surface area contributed by atoms with Crippen LogP contribution in [0.5, 0.6) is 5.75 Å². The first-order valence-electron chi connectivity index (χ1n) is 4.33. The van der Waals surface area contributed by atoms with Crippen molar-refractivity contribution in [3.05, 3.63) is 30.2 Å². The highest BCUT2D eigenvalue weighted by molar-refractivity contribution is 5.84. The first-order chi connectivity index (χ1) is 6.76. The van der Waals surface area contributed by atoms with Crippen molar-refractivity contribution in [2.45, 2.75) is 6.92 Å². The Labute approximate surface area is 82.0 Å². The van der Waals surface area contributed by atoms with Gasteiger partial charge in [0.2, 0.25) is 0 Å². The molecule has 0 radical (unpaired) electrons. The van der Waals surface area contributed by atoms with E-state index in [2.05, 4.69) is 11.6 Å². The SMILES string of the molecule is C=Cc1ccc2oc(C)nc2c1OC. The fourth-order valence-electron chi connectivity index (χ4n) is 1.47. The molecule has 0 spiro atoms. The molecular weight excluding hydrogens is 178 g/mol. The third-order valence-corrected chi connectivity index (χ3v) is 2.08. The van der Waals surface area contributed by atoms with Gasteiger partial charge >= 0.3 is 0 Å². The topological polar surface area (TPSA) is 35.3 Å². The quantitative estimate of drug-likeness (QED) is 0.728. The predicted molar refractivity (Wildman–Crippen MR) is 55.4 cm³/mol. The van der Waals surface area contributed by atoms with Crippen LogP contribution in [0.15, 0.2) is 23.1 Å². The van der Waals surface area contributed by atoms with Crippen molar-refractivity contribution in [1.29, 1.82) is 0 Å². The number of rotatable bonds is 2. The Morgan fingerprint density at radius 3 is 2.93 bits per heavy atom. The smallest absolute Gasteiger partial charge is 0.192 e. The van der Waals surface area contributed by atoms with Crippen LogP contribution >= 0.6 is 0 Å². The van der Waals surface area contributed by atoms with Gasteiger partial charge in [-0.15, -0.1) is 0 Å². The lowest BCUT2D eigenvalue weighted by Crippen LogP contribution is -1.88. The van der Waals surface area contributed by atoms with Crippen LogP contribution in [0.3, 0.4) is 0 Å². The minimum Gasteiger partial charge on any atom is -0.494 e. The van der Waals surface area contributed by atoms with Crippen LogP contribution in [-0.2, 0) is 0 Å². The van der Waals surface area contributed by atoms with E-state index in [9.17, 15) is 0 Å². The van der Waals surface area contributed by atoms with Crippen LogP contribution in [0.2, 0.25) is 0 Å². The highest BCUT2D eigenvalue weighted by Crippen LogP contribution is 2.30. The molecule has 14 heavy (non-hydrogen) atoms. The molecule has 2 aromatic rings. The maximum Gasteiger partial charge on any atom is 0.192 e. The molecule has 0 saturated heterocycles. The number of fused-ring (bicyclic) bond motifs is 1. The van der Waals surface area contributed by atoms with Gasteiger partial charge in [-0.3, -0.25) is 0 Å². The van der Waals surface area contributed by atoms with Gasteiger partial charge in [-0.1, -0.05) is 12.7 Å². The van der Waals surface area contributed by atoms with E-state index >= 15 is 0 Å². The number of aromatic nitrogens is 1. The van der Waals surface area contributed by atoms with E-state index in [1.807, 2.05) is 19.1 Å². The lowest BCUT2D eigenvalue weighted by molar-refractivity contribution is 0.418. The van der Waals surface area contributed by atoms with Crippen molar-refractivity contribution >= 4 is 17.2 Å². The molecule has 2 rings (SSSR count). The molecule has 0 aliphatic carbocycles. The molecule has 0 amide bonds. The van der Waals surface area contributed by atoms with Gasteiger partial charge in [0, 0.05) is 12.5 Å². The summed E-state index contributed by atoms with van der Waals surface area (Å²) in [6, 6.07) is 3.77. The standard InChI is InChI=1S/C11H11NO2/c1-4-8-5-6-9-10(11(8)13-3)12-7(2)14-9/h4-6H,1H2,2-3H3. The number of oxazole rings is 1. The summed E-state index contributed by atoms with van der Waals surface area (Å²) in [7, 11) is 1.62. The Morgan fingerprint density at radius 1 is 1.50 bits per heavy atom. The first kappa shape index (κ1) is 8.81. The van der Waals surface area contributed by atoms with E-state index in [1.54, 1.807) is 13.2 Å². The maximum atomic E-state index is 5.38. The van der Waals surface area contributed by atoms with Crippen LogP contribution in [-0.4, -0.2) is 12.1 Å². The highest BCUT2D eigenvalue weighted by atomic mass is 16.5. The molecule has 1 aromatic carbocycles. The zero-order valence-electron chi connectivity index (χ0n) is 8.20. The average Bonchev–Trinajstić information content (AvgIpc) is 2.56. The number of hydrogen-bond acceptors (Lipinski definition) is 3. The third-order valence-electron chi connectivity index (χ3n) is 2.08. The fraction of sp³-hybridized carbons (Fsp3) is 0.182. The molecule has 0 saturated carbocycles. The molecule has 1 heterocycles. The minimum absolute atomic E-state index is 0.638. The molecule has 1 aromatic heterocycles. The Hall–Kier alpha value is -1.77. The summed E-state index contributed by atoms with van der Waals surface area (Å²) in [6.07, 6.45) is 1.74. The number of aryl methyl sites for hydroxylation is 1. The first-order valence-corrected chi connectivity index (χ1v) is 4.33. The Bertz CT molecular complexity index is 485. The molecule has 0 N–H and O–H groups in total. The van der Waals surface area contributed by atoms with Crippen LogP contribution in [0.4, 0.5) is 0 Å². The summed E-state index contributed by atoms with van der Waals surface area (Å²) < 4.78 is 10.7. The van der Waals surface area contributed by atoms with Crippen LogP contribution < -0.4 is 4.74 Å². The van der Waals surface area contributed by atoms with Crippen molar-refractivity contribution < 1.29 is 9.15 Å². The number of methoxy groups -OCH3 is 1. The van der Waals surface area contributed by atoms with E-state index < -0.39 is 0 Å². The summed E-state index contributed by atoms with van der Waals surface area (Å²) in [5.74, 6) is 1.36.